The van der Waals surface area contributed by atoms with Crippen LogP contribution >= 0.6 is 0 Å². The standard InChI is InChI=1S/C25H32N2O5/c1-17(2)11-25(28)27(15-18-7-6-8-20(12-18)29-3)16-21-14-22(26-32-21)19-9-10-23(30-4)24(13-19)31-5/h6-10,12-13,17,21H,11,14-16H2,1-5H3/t21-/m0/s1. The lowest BCUT2D eigenvalue weighted by Crippen LogP contribution is -2.37. The normalized spacial score (nSPS) is 15.2. The molecule has 2 aromatic rings. The van der Waals surface area contributed by atoms with Gasteiger partial charge < -0.3 is 23.9 Å². The van der Waals surface area contributed by atoms with Crippen LogP contribution in [0.5, 0.6) is 17.2 Å². The SMILES string of the molecule is COc1cccc(CN(C[C@@H]2CC(c3ccc(OC)c(OC)c3)=NO2)C(=O)CC(C)C)c1. The van der Waals surface area contributed by atoms with Crippen molar-refractivity contribution in [2.24, 2.45) is 11.1 Å². The molecule has 1 heterocycles. The monoisotopic (exact) mass is 440 g/mol. The number of ether oxygens (including phenoxy) is 3. The van der Waals surface area contributed by atoms with Gasteiger partial charge in [0.15, 0.2) is 17.6 Å². The average Bonchev–Trinajstić information content (AvgIpc) is 3.26. The maximum atomic E-state index is 13.0. The van der Waals surface area contributed by atoms with Crippen LogP contribution in [0.3, 0.4) is 0 Å². The summed E-state index contributed by atoms with van der Waals surface area (Å²) in [6, 6.07) is 13.5. The first-order valence-corrected chi connectivity index (χ1v) is 10.8. The Bertz CT molecular complexity index is 957. The molecule has 0 radical (unpaired) electrons. The van der Waals surface area contributed by atoms with E-state index in [0.29, 0.717) is 37.4 Å². The predicted octanol–water partition coefficient (Wildman–Crippen LogP) is 4.28. The Hall–Kier alpha value is -3.22. The molecule has 0 bridgehead atoms. The fourth-order valence-electron chi connectivity index (χ4n) is 3.68. The van der Waals surface area contributed by atoms with Crippen LogP contribution in [0.2, 0.25) is 0 Å². The Morgan fingerprint density at radius 2 is 1.88 bits per heavy atom. The minimum Gasteiger partial charge on any atom is -0.497 e. The van der Waals surface area contributed by atoms with Crippen molar-refractivity contribution >= 4 is 11.6 Å². The summed E-state index contributed by atoms with van der Waals surface area (Å²) in [6.07, 6.45) is 0.888. The van der Waals surface area contributed by atoms with Crippen molar-refractivity contribution < 1.29 is 23.8 Å². The first-order valence-electron chi connectivity index (χ1n) is 10.8. The zero-order valence-electron chi connectivity index (χ0n) is 19.5. The van der Waals surface area contributed by atoms with E-state index in [1.54, 1.807) is 21.3 Å². The molecule has 0 unspecified atom stereocenters. The summed E-state index contributed by atoms with van der Waals surface area (Å²) in [6.45, 7) is 5.05. The summed E-state index contributed by atoms with van der Waals surface area (Å²) in [4.78, 5) is 20.5. The first-order chi connectivity index (χ1) is 15.4. The van der Waals surface area contributed by atoms with Crippen LogP contribution < -0.4 is 14.2 Å². The fourth-order valence-corrected chi connectivity index (χ4v) is 3.68. The van der Waals surface area contributed by atoms with Gasteiger partial charge in [0.1, 0.15) is 5.75 Å². The zero-order valence-corrected chi connectivity index (χ0v) is 19.5. The van der Waals surface area contributed by atoms with Gasteiger partial charge in [0, 0.05) is 24.9 Å². The molecule has 7 nitrogen and oxygen atoms in total. The van der Waals surface area contributed by atoms with E-state index < -0.39 is 0 Å². The van der Waals surface area contributed by atoms with Crippen molar-refractivity contribution in [2.75, 3.05) is 27.9 Å². The van der Waals surface area contributed by atoms with Crippen LogP contribution in [0.25, 0.3) is 0 Å². The highest BCUT2D eigenvalue weighted by molar-refractivity contribution is 6.01. The lowest BCUT2D eigenvalue weighted by molar-refractivity contribution is -0.134. The molecule has 0 saturated heterocycles. The van der Waals surface area contributed by atoms with E-state index in [1.165, 1.54) is 0 Å². The van der Waals surface area contributed by atoms with Gasteiger partial charge in [0.2, 0.25) is 5.91 Å². The van der Waals surface area contributed by atoms with Crippen LogP contribution in [0.1, 0.15) is 37.8 Å². The summed E-state index contributed by atoms with van der Waals surface area (Å²) >= 11 is 0. The number of nitrogens with zero attached hydrogens (tertiary/aromatic N) is 2. The number of rotatable bonds is 10. The van der Waals surface area contributed by atoms with Gasteiger partial charge in [-0.1, -0.05) is 31.1 Å². The topological polar surface area (TPSA) is 69.6 Å². The molecular formula is C25H32N2O5. The molecule has 2 aromatic carbocycles. The fraction of sp³-hybridized carbons (Fsp3) is 0.440. The Morgan fingerprint density at radius 1 is 1.09 bits per heavy atom. The quantitative estimate of drug-likeness (QED) is 0.552. The summed E-state index contributed by atoms with van der Waals surface area (Å²) in [5, 5.41) is 4.29. The van der Waals surface area contributed by atoms with Gasteiger partial charge >= 0.3 is 0 Å². The number of hydrogen-bond donors (Lipinski definition) is 0. The second-order valence-corrected chi connectivity index (χ2v) is 8.26. The van der Waals surface area contributed by atoms with Gasteiger partial charge in [-0.05, 0) is 41.8 Å². The Kier molecular flexibility index (Phi) is 7.98. The molecule has 0 aliphatic carbocycles. The molecule has 0 spiro atoms. The molecular weight excluding hydrogens is 408 g/mol. The number of hydrogen-bond acceptors (Lipinski definition) is 6. The van der Waals surface area contributed by atoms with E-state index in [0.717, 1.165) is 22.6 Å². The molecule has 1 amide bonds. The third-order valence-electron chi connectivity index (χ3n) is 5.32. The van der Waals surface area contributed by atoms with Gasteiger partial charge in [0.05, 0.1) is 33.6 Å². The van der Waals surface area contributed by atoms with E-state index in [9.17, 15) is 4.79 Å². The van der Waals surface area contributed by atoms with Crippen LogP contribution in [0.4, 0.5) is 0 Å². The molecule has 0 saturated carbocycles. The third kappa shape index (κ3) is 5.93. The van der Waals surface area contributed by atoms with Gasteiger partial charge in [-0.15, -0.1) is 0 Å². The molecule has 0 fully saturated rings. The largest absolute Gasteiger partial charge is 0.497 e. The van der Waals surface area contributed by atoms with Gasteiger partial charge in [-0.3, -0.25) is 4.79 Å². The van der Waals surface area contributed by atoms with E-state index in [-0.39, 0.29) is 17.9 Å². The van der Waals surface area contributed by atoms with Gasteiger partial charge in [-0.25, -0.2) is 0 Å². The number of carbonyl (C=O) groups excluding carboxylic acids is 1. The highest BCUT2D eigenvalue weighted by atomic mass is 16.6. The maximum Gasteiger partial charge on any atom is 0.223 e. The van der Waals surface area contributed by atoms with Crippen LogP contribution in [-0.2, 0) is 16.2 Å². The average molecular weight is 441 g/mol. The van der Waals surface area contributed by atoms with Crippen LogP contribution in [0, 0.1) is 5.92 Å². The van der Waals surface area contributed by atoms with Crippen molar-refractivity contribution in [2.45, 2.75) is 39.3 Å². The zero-order chi connectivity index (χ0) is 23.1. The van der Waals surface area contributed by atoms with Crippen LogP contribution in [-0.4, -0.2) is 50.5 Å². The molecule has 0 N–H and O–H groups in total. The molecule has 0 aromatic heterocycles. The number of carbonyl (C=O) groups is 1. The highest BCUT2D eigenvalue weighted by Gasteiger charge is 2.27. The Morgan fingerprint density at radius 3 is 2.56 bits per heavy atom. The molecule has 3 rings (SSSR count). The lowest BCUT2D eigenvalue weighted by Gasteiger charge is -2.26. The molecule has 1 aliphatic heterocycles. The second kappa shape index (κ2) is 10.9. The second-order valence-electron chi connectivity index (χ2n) is 8.26. The van der Waals surface area contributed by atoms with E-state index in [2.05, 4.69) is 5.16 Å². The van der Waals surface area contributed by atoms with Crippen LogP contribution in [0.15, 0.2) is 47.6 Å². The van der Waals surface area contributed by atoms with E-state index in [1.807, 2.05) is 61.2 Å². The van der Waals surface area contributed by atoms with Crippen molar-refractivity contribution in [3.63, 3.8) is 0 Å². The summed E-state index contributed by atoms with van der Waals surface area (Å²) in [5.74, 6) is 2.46. The minimum absolute atomic E-state index is 0.103. The molecule has 32 heavy (non-hydrogen) atoms. The Balaban J connectivity index is 1.71. The number of methoxy groups -OCH3 is 3. The van der Waals surface area contributed by atoms with Crippen molar-refractivity contribution in [1.29, 1.82) is 0 Å². The highest BCUT2D eigenvalue weighted by Crippen LogP contribution is 2.30. The molecule has 1 aliphatic rings. The summed E-state index contributed by atoms with van der Waals surface area (Å²) in [5.41, 5.74) is 2.76. The third-order valence-corrected chi connectivity index (χ3v) is 5.32. The lowest BCUT2D eigenvalue weighted by atomic mass is 10.0. The van der Waals surface area contributed by atoms with E-state index in [4.69, 9.17) is 19.0 Å². The van der Waals surface area contributed by atoms with Gasteiger partial charge in [-0.2, -0.15) is 0 Å². The number of amides is 1. The predicted molar refractivity (Wildman–Crippen MR) is 123 cm³/mol. The molecule has 172 valence electrons. The van der Waals surface area contributed by atoms with Crippen molar-refractivity contribution in [1.82, 2.24) is 4.90 Å². The van der Waals surface area contributed by atoms with Gasteiger partial charge in [0.25, 0.3) is 0 Å². The van der Waals surface area contributed by atoms with Crippen molar-refractivity contribution in [3.05, 3.63) is 53.6 Å². The maximum absolute atomic E-state index is 13.0. The minimum atomic E-state index is -0.209. The Labute approximate surface area is 189 Å². The van der Waals surface area contributed by atoms with E-state index >= 15 is 0 Å². The molecule has 7 heteroatoms. The first kappa shape index (κ1) is 23.4. The number of oxime groups is 1. The molecule has 1 atom stereocenters. The smallest absolute Gasteiger partial charge is 0.223 e. The van der Waals surface area contributed by atoms with Crippen molar-refractivity contribution in [3.8, 4) is 17.2 Å². The summed E-state index contributed by atoms with van der Waals surface area (Å²) < 4.78 is 16.0. The number of benzene rings is 2. The summed E-state index contributed by atoms with van der Waals surface area (Å²) in [7, 11) is 4.85.